The summed E-state index contributed by atoms with van der Waals surface area (Å²) >= 11 is 0. The molecule has 0 spiro atoms. The molecule has 0 rings (SSSR count). The number of hydrogen-bond donors (Lipinski definition) is 1. The Kier molecular flexibility index (Phi) is 8.20. The first kappa shape index (κ1) is 13.9. The fourth-order valence-corrected chi connectivity index (χ4v) is 1.68. The van der Waals surface area contributed by atoms with Crippen LogP contribution >= 0.6 is 0 Å². The van der Waals surface area contributed by atoms with E-state index >= 15 is 0 Å². The second-order valence-corrected chi connectivity index (χ2v) is 4.25. The van der Waals surface area contributed by atoms with E-state index in [4.69, 9.17) is 10.5 Å². The van der Waals surface area contributed by atoms with Gasteiger partial charge in [0.1, 0.15) is 0 Å². The van der Waals surface area contributed by atoms with Gasteiger partial charge in [-0.15, -0.1) is 0 Å². The Morgan fingerprint density at radius 2 is 1.71 bits per heavy atom. The van der Waals surface area contributed by atoms with E-state index in [1.165, 1.54) is 32.1 Å². The second kappa shape index (κ2) is 8.25. The van der Waals surface area contributed by atoms with Crippen molar-refractivity contribution in [2.75, 3.05) is 13.2 Å². The normalized spacial score (nSPS) is 15.4. The molecule has 0 bridgehead atoms. The van der Waals surface area contributed by atoms with Crippen molar-refractivity contribution in [2.24, 2.45) is 5.73 Å². The van der Waals surface area contributed by atoms with Gasteiger partial charge in [0, 0.05) is 13.2 Å². The van der Waals surface area contributed by atoms with Gasteiger partial charge in [0.05, 0.1) is 5.60 Å². The van der Waals surface area contributed by atoms with Crippen LogP contribution in [0.1, 0.15) is 59.3 Å². The third-order valence-electron chi connectivity index (χ3n) is 2.73. The first-order chi connectivity index (χ1) is 6.68. The van der Waals surface area contributed by atoms with E-state index in [9.17, 15) is 0 Å². The topological polar surface area (TPSA) is 35.2 Å². The van der Waals surface area contributed by atoms with Crippen molar-refractivity contribution in [3.8, 4) is 0 Å². The summed E-state index contributed by atoms with van der Waals surface area (Å²) in [6.45, 7) is 7.79. The summed E-state index contributed by atoms with van der Waals surface area (Å²) in [5.74, 6) is 0. The maximum Gasteiger partial charge on any atom is 0.0776 e. The van der Waals surface area contributed by atoms with Crippen molar-refractivity contribution in [3.63, 3.8) is 0 Å². The van der Waals surface area contributed by atoms with Gasteiger partial charge in [-0.1, -0.05) is 39.0 Å². The Balaban J connectivity index is 3.51. The van der Waals surface area contributed by atoms with Crippen molar-refractivity contribution in [1.82, 2.24) is 0 Å². The molecular formula is C12H27NO. The average Bonchev–Trinajstić information content (AvgIpc) is 2.18. The number of unbranched alkanes of at least 4 members (excludes halogenated alkanes) is 4. The Hall–Kier alpha value is -0.0800. The van der Waals surface area contributed by atoms with Gasteiger partial charge in [-0.05, 0) is 20.3 Å². The Bertz CT molecular complexity index is 127. The molecule has 0 saturated carbocycles. The Morgan fingerprint density at radius 3 is 2.21 bits per heavy atom. The summed E-state index contributed by atoms with van der Waals surface area (Å²) < 4.78 is 5.66. The van der Waals surface area contributed by atoms with Crippen molar-refractivity contribution in [2.45, 2.75) is 64.9 Å². The van der Waals surface area contributed by atoms with Crippen molar-refractivity contribution in [1.29, 1.82) is 0 Å². The summed E-state index contributed by atoms with van der Waals surface area (Å²) in [7, 11) is 0. The smallest absolute Gasteiger partial charge is 0.0776 e. The maximum atomic E-state index is 5.71. The van der Waals surface area contributed by atoms with Crippen molar-refractivity contribution >= 4 is 0 Å². The standard InChI is InChI=1S/C12H27NO/c1-4-6-7-8-9-10-12(3,11-13)14-5-2/h4-11,13H2,1-3H3. The minimum Gasteiger partial charge on any atom is -0.374 e. The molecule has 0 amide bonds. The Morgan fingerprint density at radius 1 is 1.07 bits per heavy atom. The molecule has 2 nitrogen and oxygen atoms in total. The molecule has 1 atom stereocenters. The number of hydrogen-bond acceptors (Lipinski definition) is 2. The molecule has 2 N–H and O–H groups in total. The minimum atomic E-state index is -0.0824. The molecule has 0 aliphatic carbocycles. The lowest BCUT2D eigenvalue weighted by molar-refractivity contribution is -0.0253. The van der Waals surface area contributed by atoms with Crippen LogP contribution in [0.2, 0.25) is 0 Å². The summed E-state index contributed by atoms with van der Waals surface area (Å²) in [6.07, 6.45) is 7.67. The van der Waals surface area contributed by atoms with E-state index in [-0.39, 0.29) is 5.60 Å². The quantitative estimate of drug-likeness (QED) is 0.582. The zero-order valence-corrected chi connectivity index (χ0v) is 10.1. The van der Waals surface area contributed by atoms with Gasteiger partial charge in [0.2, 0.25) is 0 Å². The second-order valence-electron chi connectivity index (χ2n) is 4.25. The summed E-state index contributed by atoms with van der Waals surface area (Å²) in [5, 5.41) is 0. The molecule has 0 saturated heterocycles. The van der Waals surface area contributed by atoms with Gasteiger partial charge < -0.3 is 10.5 Å². The lowest BCUT2D eigenvalue weighted by atomic mass is 9.97. The van der Waals surface area contributed by atoms with Crippen LogP contribution < -0.4 is 5.73 Å². The largest absolute Gasteiger partial charge is 0.374 e. The molecule has 0 aromatic carbocycles. The number of nitrogens with two attached hydrogens (primary N) is 1. The van der Waals surface area contributed by atoms with E-state index in [1.807, 2.05) is 6.92 Å². The van der Waals surface area contributed by atoms with Crippen LogP contribution in [0.3, 0.4) is 0 Å². The van der Waals surface area contributed by atoms with E-state index in [0.717, 1.165) is 13.0 Å². The van der Waals surface area contributed by atoms with Crippen LogP contribution in [-0.2, 0) is 4.74 Å². The van der Waals surface area contributed by atoms with Gasteiger partial charge in [0.25, 0.3) is 0 Å². The predicted molar refractivity (Wildman–Crippen MR) is 62.5 cm³/mol. The predicted octanol–water partition coefficient (Wildman–Crippen LogP) is 3.10. The monoisotopic (exact) mass is 201 g/mol. The fourth-order valence-electron chi connectivity index (χ4n) is 1.68. The molecule has 0 heterocycles. The van der Waals surface area contributed by atoms with Crippen LogP contribution in [0, 0.1) is 0 Å². The van der Waals surface area contributed by atoms with Crippen LogP contribution in [0.25, 0.3) is 0 Å². The molecule has 0 aliphatic heterocycles. The van der Waals surface area contributed by atoms with E-state index in [2.05, 4.69) is 13.8 Å². The summed E-state index contributed by atoms with van der Waals surface area (Å²) in [5.41, 5.74) is 5.63. The number of ether oxygens (including phenoxy) is 1. The minimum absolute atomic E-state index is 0.0824. The first-order valence-electron chi connectivity index (χ1n) is 6.02. The molecule has 0 radical (unpaired) electrons. The van der Waals surface area contributed by atoms with Gasteiger partial charge in [-0.2, -0.15) is 0 Å². The van der Waals surface area contributed by atoms with Crippen LogP contribution in [-0.4, -0.2) is 18.8 Å². The van der Waals surface area contributed by atoms with Crippen LogP contribution in [0.15, 0.2) is 0 Å². The zero-order chi connectivity index (χ0) is 10.9. The third-order valence-corrected chi connectivity index (χ3v) is 2.73. The average molecular weight is 201 g/mol. The molecule has 1 unspecified atom stereocenters. The zero-order valence-electron chi connectivity index (χ0n) is 10.1. The lowest BCUT2D eigenvalue weighted by Gasteiger charge is -2.27. The highest BCUT2D eigenvalue weighted by atomic mass is 16.5. The molecule has 2 heteroatoms. The maximum absolute atomic E-state index is 5.71. The van der Waals surface area contributed by atoms with E-state index in [1.54, 1.807) is 0 Å². The third kappa shape index (κ3) is 6.39. The molecule has 0 fully saturated rings. The van der Waals surface area contributed by atoms with Gasteiger partial charge >= 0.3 is 0 Å². The highest BCUT2D eigenvalue weighted by molar-refractivity contribution is 4.75. The summed E-state index contributed by atoms with van der Waals surface area (Å²) in [6, 6.07) is 0. The van der Waals surface area contributed by atoms with Crippen molar-refractivity contribution in [3.05, 3.63) is 0 Å². The molecule has 0 aliphatic rings. The molecule has 14 heavy (non-hydrogen) atoms. The van der Waals surface area contributed by atoms with Crippen molar-refractivity contribution < 1.29 is 4.74 Å². The van der Waals surface area contributed by atoms with E-state index in [0.29, 0.717) is 6.54 Å². The van der Waals surface area contributed by atoms with Crippen LogP contribution in [0.5, 0.6) is 0 Å². The fraction of sp³-hybridized carbons (Fsp3) is 1.00. The highest BCUT2D eigenvalue weighted by Crippen LogP contribution is 2.18. The lowest BCUT2D eigenvalue weighted by Crippen LogP contribution is -2.37. The van der Waals surface area contributed by atoms with Gasteiger partial charge in [-0.3, -0.25) is 0 Å². The Labute approximate surface area is 89.2 Å². The molecule has 86 valence electrons. The van der Waals surface area contributed by atoms with Gasteiger partial charge in [-0.25, -0.2) is 0 Å². The summed E-state index contributed by atoms with van der Waals surface area (Å²) in [4.78, 5) is 0. The first-order valence-corrected chi connectivity index (χ1v) is 6.02. The molecule has 0 aromatic heterocycles. The van der Waals surface area contributed by atoms with Gasteiger partial charge in [0.15, 0.2) is 0 Å². The van der Waals surface area contributed by atoms with E-state index < -0.39 is 0 Å². The molecule has 0 aromatic rings. The highest BCUT2D eigenvalue weighted by Gasteiger charge is 2.21. The number of rotatable bonds is 9. The SMILES string of the molecule is CCCCCCCC(C)(CN)OCC. The molecular weight excluding hydrogens is 174 g/mol. The van der Waals surface area contributed by atoms with Crippen LogP contribution in [0.4, 0.5) is 0 Å².